The minimum Gasteiger partial charge on any atom is -0.418 e. The lowest BCUT2D eigenvalue weighted by Gasteiger charge is -2.33. The third-order valence-electron chi connectivity index (χ3n) is 2.09. The minimum atomic E-state index is -6.00. The number of piperazine rings is 1. The van der Waals surface area contributed by atoms with Crippen LogP contribution in [0.4, 0.5) is 65.0 Å². The molecule has 0 N–H and O–H groups in total. The van der Waals surface area contributed by atoms with Gasteiger partial charge < -0.3 is 56.7 Å². The fraction of sp³-hybridized carbons (Fsp3) is 1.00. The minimum absolute atomic E-state index is 0.391. The van der Waals surface area contributed by atoms with E-state index in [4.69, 9.17) is 0 Å². The Morgan fingerprint density at radius 2 is 0.778 bits per heavy atom. The van der Waals surface area contributed by atoms with Gasteiger partial charge in [-0.2, -0.15) is 0 Å². The Morgan fingerprint density at radius 3 is 0.963 bits per heavy atom. The molecule has 1 saturated heterocycles. The third kappa shape index (κ3) is 45.8. The van der Waals surface area contributed by atoms with Gasteiger partial charge in [-0.15, -0.1) is 0 Å². The summed E-state index contributed by atoms with van der Waals surface area (Å²) in [6, 6.07) is 0. The number of halogens is 15. The van der Waals surface area contributed by atoms with Crippen molar-refractivity contribution in [3.8, 4) is 0 Å². The molecule has 0 aromatic heterocycles. The van der Waals surface area contributed by atoms with Crippen molar-refractivity contribution in [3.63, 3.8) is 0 Å². The van der Waals surface area contributed by atoms with Gasteiger partial charge >= 0.3 is 21.8 Å². The molecule has 1 aliphatic rings. The lowest BCUT2D eigenvalue weighted by molar-refractivity contribution is -0.0629. The fourth-order valence-corrected chi connectivity index (χ4v) is 1.23. The first kappa shape index (κ1) is 30.8. The van der Waals surface area contributed by atoms with Crippen LogP contribution in [0.15, 0.2) is 0 Å². The number of alkyl halides is 3. The molecule has 168 valence electrons. The van der Waals surface area contributed by atoms with E-state index >= 15 is 0 Å². The second-order valence-corrected chi connectivity index (χ2v) is 4.53. The standard InChI is InChI=1S/C7H13F3N2.3BF4/c1-11-2-4-12(5-3-11)7(10)6(8)9;3*2-1(3,4)5/h6-7H,2-5H2,1H3;;;/q;3*-1. The van der Waals surface area contributed by atoms with E-state index in [0.717, 1.165) is 0 Å². The van der Waals surface area contributed by atoms with Crippen molar-refractivity contribution in [3.05, 3.63) is 0 Å². The van der Waals surface area contributed by atoms with Gasteiger partial charge in [0.05, 0.1) is 0 Å². The summed E-state index contributed by atoms with van der Waals surface area (Å²) in [6.45, 7) is 2.10. The Hall–Kier alpha value is -0.935. The van der Waals surface area contributed by atoms with Crippen LogP contribution in [0.3, 0.4) is 0 Å². The van der Waals surface area contributed by atoms with Crippen molar-refractivity contribution >= 4 is 21.8 Å². The second-order valence-electron chi connectivity index (χ2n) is 4.53. The molecule has 0 amide bonds. The first-order valence-electron chi connectivity index (χ1n) is 6.58. The molecular formula is C7H13B3F15N2-3. The molecule has 2 nitrogen and oxygen atoms in total. The van der Waals surface area contributed by atoms with Gasteiger partial charge in [0.15, 0.2) is 0 Å². The smallest absolute Gasteiger partial charge is 0.418 e. The van der Waals surface area contributed by atoms with E-state index < -0.39 is 34.5 Å². The number of likely N-dealkylation sites (N-methyl/N-ethyl adjacent to an activating group) is 1. The molecule has 1 unspecified atom stereocenters. The zero-order valence-electron chi connectivity index (χ0n) is 13.3. The molecule has 1 atom stereocenters. The van der Waals surface area contributed by atoms with Crippen LogP contribution in [0, 0.1) is 0 Å². The van der Waals surface area contributed by atoms with E-state index in [1.54, 1.807) is 0 Å². The summed E-state index contributed by atoms with van der Waals surface area (Å²) in [7, 11) is -16.1. The molecular weight excluding hydrogens is 429 g/mol. The van der Waals surface area contributed by atoms with E-state index in [1.807, 2.05) is 11.9 Å². The summed E-state index contributed by atoms with van der Waals surface area (Å²) < 4.78 is 153. The Balaban J connectivity index is -0.000000323. The van der Waals surface area contributed by atoms with E-state index in [2.05, 4.69) is 0 Å². The Morgan fingerprint density at radius 1 is 0.556 bits per heavy atom. The van der Waals surface area contributed by atoms with Crippen LogP contribution in [0.2, 0.25) is 0 Å². The lowest BCUT2D eigenvalue weighted by atomic mass is 10.3. The van der Waals surface area contributed by atoms with Crippen molar-refractivity contribution in [2.75, 3.05) is 33.2 Å². The van der Waals surface area contributed by atoms with Crippen LogP contribution in [0.25, 0.3) is 0 Å². The zero-order chi connectivity index (χ0) is 22.6. The molecule has 0 bridgehead atoms. The highest BCUT2D eigenvalue weighted by molar-refractivity contribution is 6.50. The largest absolute Gasteiger partial charge is 0.673 e. The molecule has 0 saturated carbocycles. The van der Waals surface area contributed by atoms with Gasteiger partial charge in [-0.3, -0.25) is 4.90 Å². The SMILES string of the molecule is CN1CCN(C(F)C(F)F)CC1.F[B-](F)(F)F.F[B-](F)(F)F.F[B-](F)(F)F. The summed E-state index contributed by atoms with van der Waals surface area (Å²) in [5.41, 5.74) is 0. The molecule has 20 heteroatoms. The van der Waals surface area contributed by atoms with Gasteiger partial charge in [0.25, 0.3) is 6.43 Å². The molecule has 0 aromatic rings. The summed E-state index contributed by atoms with van der Waals surface area (Å²) in [4.78, 5) is 3.18. The maximum Gasteiger partial charge on any atom is 0.673 e. The van der Waals surface area contributed by atoms with Gasteiger partial charge in [0.2, 0.25) is 6.30 Å². The summed E-state index contributed by atoms with van der Waals surface area (Å²) in [5.74, 6) is 0. The normalized spacial score (nSPS) is 17.7. The lowest BCUT2D eigenvalue weighted by Crippen LogP contribution is -2.49. The number of hydrogen-bond donors (Lipinski definition) is 0. The predicted molar refractivity (Wildman–Crippen MR) is 70.5 cm³/mol. The van der Waals surface area contributed by atoms with Crippen molar-refractivity contribution in [2.24, 2.45) is 0 Å². The first-order chi connectivity index (χ1) is 11.6. The molecule has 0 aromatic carbocycles. The van der Waals surface area contributed by atoms with Crippen LogP contribution < -0.4 is 0 Å². The van der Waals surface area contributed by atoms with Gasteiger partial charge in [-0.1, -0.05) is 0 Å². The summed E-state index contributed by atoms with van der Waals surface area (Å²) in [6.07, 6.45) is -4.97. The van der Waals surface area contributed by atoms with Crippen molar-refractivity contribution in [1.82, 2.24) is 9.80 Å². The number of rotatable bonds is 2. The van der Waals surface area contributed by atoms with Crippen LogP contribution in [-0.2, 0) is 0 Å². The molecule has 0 radical (unpaired) electrons. The second kappa shape index (κ2) is 13.3. The maximum absolute atomic E-state index is 12.7. The zero-order valence-corrected chi connectivity index (χ0v) is 13.3. The summed E-state index contributed by atoms with van der Waals surface area (Å²) >= 11 is 0. The van der Waals surface area contributed by atoms with Gasteiger partial charge in [-0.25, -0.2) is 13.2 Å². The van der Waals surface area contributed by atoms with Crippen LogP contribution in [-0.4, -0.2) is 77.5 Å². The van der Waals surface area contributed by atoms with Crippen molar-refractivity contribution in [1.29, 1.82) is 0 Å². The van der Waals surface area contributed by atoms with E-state index in [1.165, 1.54) is 4.90 Å². The average molecular weight is 443 g/mol. The van der Waals surface area contributed by atoms with Gasteiger partial charge in [0.1, 0.15) is 0 Å². The van der Waals surface area contributed by atoms with Gasteiger partial charge in [-0.05, 0) is 7.05 Å². The highest BCUT2D eigenvalue weighted by atomic mass is 19.5. The summed E-state index contributed by atoms with van der Waals surface area (Å²) in [5, 5.41) is 0. The predicted octanol–water partition coefficient (Wildman–Crippen LogP) is 4.69. The molecule has 0 aliphatic carbocycles. The van der Waals surface area contributed by atoms with E-state index in [-0.39, 0.29) is 0 Å². The Kier molecular flexibility index (Phi) is 15.1. The Labute approximate surface area is 144 Å². The van der Waals surface area contributed by atoms with E-state index in [0.29, 0.717) is 26.2 Å². The van der Waals surface area contributed by atoms with Gasteiger partial charge in [0, 0.05) is 26.2 Å². The molecule has 0 spiro atoms. The maximum atomic E-state index is 12.7. The molecule has 27 heavy (non-hydrogen) atoms. The van der Waals surface area contributed by atoms with Crippen LogP contribution >= 0.6 is 0 Å². The first-order valence-corrected chi connectivity index (χ1v) is 6.58. The molecule has 1 heterocycles. The monoisotopic (exact) mass is 443 g/mol. The number of hydrogen-bond acceptors (Lipinski definition) is 2. The van der Waals surface area contributed by atoms with Crippen LogP contribution in [0.1, 0.15) is 0 Å². The average Bonchev–Trinajstić information content (AvgIpc) is 2.32. The molecule has 1 rings (SSSR count). The topological polar surface area (TPSA) is 6.48 Å². The van der Waals surface area contributed by atoms with Crippen molar-refractivity contribution < 1.29 is 65.0 Å². The van der Waals surface area contributed by atoms with Crippen LogP contribution in [0.5, 0.6) is 0 Å². The highest BCUT2D eigenvalue weighted by Gasteiger charge is 2.28. The van der Waals surface area contributed by atoms with E-state index in [9.17, 15) is 65.0 Å². The Bertz CT molecular complexity index is 304. The van der Waals surface area contributed by atoms with Crippen molar-refractivity contribution in [2.45, 2.75) is 12.7 Å². The molecule has 1 aliphatic heterocycles. The quantitative estimate of drug-likeness (QED) is 0.348. The fourth-order valence-electron chi connectivity index (χ4n) is 1.23. The molecule has 1 fully saturated rings. The number of nitrogens with zero attached hydrogens (tertiary/aromatic N) is 2. The highest BCUT2D eigenvalue weighted by Crippen LogP contribution is 2.13. The third-order valence-corrected chi connectivity index (χ3v) is 2.09.